The molecule has 9 nitrogen and oxygen atoms in total. The molecule has 46 heavy (non-hydrogen) atoms. The number of pyridine rings is 1. The van der Waals surface area contributed by atoms with Crippen molar-refractivity contribution >= 4 is 33.4 Å². The molecule has 0 unspecified atom stereocenters. The molecular formula is C34H33F3N6O3. The van der Waals surface area contributed by atoms with E-state index in [4.69, 9.17) is 16.1 Å². The van der Waals surface area contributed by atoms with Gasteiger partial charge in [0.2, 0.25) is 5.91 Å². The first-order valence-electron chi connectivity index (χ1n) is 15.5. The Hall–Kier alpha value is -4.63. The third kappa shape index (κ3) is 4.94. The molecule has 3 fully saturated rings. The van der Waals surface area contributed by atoms with Crippen molar-refractivity contribution in [1.82, 2.24) is 25.2 Å². The van der Waals surface area contributed by atoms with Crippen LogP contribution in [-0.4, -0.2) is 81.9 Å². The van der Waals surface area contributed by atoms with Gasteiger partial charge in [0.1, 0.15) is 47.4 Å². The molecule has 3 saturated heterocycles. The van der Waals surface area contributed by atoms with E-state index in [2.05, 4.69) is 26.1 Å². The number of carbonyl (C=O) groups excluding carboxylic acids is 1. The average Bonchev–Trinajstić information content (AvgIpc) is 3.59. The first-order chi connectivity index (χ1) is 22.2. The van der Waals surface area contributed by atoms with Gasteiger partial charge in [-0.3, -0.25) is 14.7 Å². The Morgan fingerprint density at radius 2 is 2.07 bits per heavy atom. The number of halogens is 3. The Morgan fingerprint density at radius 1 is 1.22 bits per heavy atom. The molecular weight excluding hydrogens is 597 g/mol. The van der Waals surface area contributed by atoms with Gasteiger partial charge < -0.3 is 20.1 Å². The summed E-state index contributed by atoms with van der Waals surface area (Å²) in [7, 11) is 1.56. The van der Waals surface area contributed by atoms with E-state index >= 15 is 4.39 Å². The molecule has 0 saturated carbocycles. The highest BCUT2D eigenvalue weighted by Crippen LogP contribution is 2.42. The van der Waals surface area contributed by atoms with E-state index in [1.54, 1.807) is 7.05 Å². The van der Waals surface area contributed by atoms with Crippen LogP contribution in [-0.2, 0) is 4.79 Å². The van der Waals surface area contributed by atoms with Gasteiger partial charge in [-0.2, -0.15) is 9.97 Å². The molecule has 4 aromatic rings. The number of benzene rings is 2. The predicted molar refractivity (Wildman–Crippen MR) is 167 cm³/mol. The smallest absolute Gasteiger partial charge is 0.319 e. The van der Waals surface area contributed by atoms with E-state index in [-0.39, 0.29) is 63.2 Å². The molecule has 0 bridgehead atoms. The Balaban J connectivity index is 1.40. The number of nitrogens with zero attached hydrogens (tertiary/aromatic N) is 5. The number of rotatable bonds is 6. The van der Waals surface area contributed by atoms with E-state index in [1.165, 1.54) is 30.5 Å². The van der Waals surface area contributed by atoms with Crippen molar-refractivity contribution in [2.45, 2.75) is 56.3 Å². The van der Waals surface area contributed by atoms with Crippen LogP contribution in [0.4, 0.5) is 19.0 Å². The fourth-order valence-corrected chi connectivity index (χ4v) is 7.52. The standard InChI is InChI=1S/C34H33F3N6O3/c1-3-22-25(36)9-8-19-13-21(44)14-23(27(19)22)29-28(37)30-24(16-39-29)31(43-12-5-4-7-26(43)32(45)38-2)41-33(40-30)46-18-34-10-6-11-42(34)17-20(35)15-34/h1,8-9,13-14,16,20,26,44H,4-7,10-12,15,17-18H2,2H3,(H,38,45)/t20-,26-,34+/m1/s1. The maximum Gasteiger partial charge on any atom is 0.319 e. The number of aromatic nitrogens is 3. The third-order valence-corrected chi connectivity index (χ3v) is 9.65. The number of fused-ring (bicyclic) bond motifs is 3. The summed E-state index contributed by atoms with van der Waals surface area (Å²) in [5.74, 6) is 0.722. The summed E-state index contributed by atoms with van der Waals surface area (Å²) in [5.41, 5.74) is -0.829. The van der Waals surface area contributed by atoms with Gasteiger partial charge in [-0.15, -0.1) is 6.42 Å². The minimum absolute atomic E-state index is 0.0890. The van der Waals surface area contributed by atoms with Crippen molar-refractivity contribution < 1.29 is 27.8 Å². The number of hydrogen-bond acceptors (Lipinski definition) is 8. The van der Waals surface area contributed by atoms with Crippen LogP contribution in [0.25, 0.3) is 32.9 Å². The Bertz CT molecular complexity index is 1920. The number of alkyl halides is 1. The van der Waals surface area contributed by atoms with Gasteiger partial charge in [0.25, 0.3) is 0 Å². The van der Waals surface area contributed by atoms with Crippen LogP contribution in [0.15, 0.2) is 30.5 Å². The van der Waals surface area contributed by atoms with Gasteiger partial charge in [0.15, 0.2) is 5.82 Å². The first kappa shape index (κ1) is 30.0. The molecule has 2 aromatic carbocycles. The molecule has 12 heteroatoms. The summed E-state index contributed by atoms with van der Waals surface area (Å²) < 4.78 is 52.3. The number of hydrogen-bond donors (Lipinski definition) is 2. The maximum absolute atomic E-state index is 16.8. The zero-order chi connectivity index (χ0) is 32.2. The second-order valence-electron chi connectivity index (χ2n) is 12.4. The van der Waals surface area contributed by atoms with Crippen LogP contribution >= 0.6 is 0 Å². The lowest BCUT2D eigenvalue weighted by Crippen LogP contribution is -2.49. The number of amides is 1. The molecule has 3 aliphatic heterocycles. The highest BCUT2D eigenvalue weighted by molar-refractivity contribution is 6.03. The average molecular weight is 631 g/mol. The fraction of sp³-hybridized carbons (Fsp3) is 0.412. The second-order valence-corrected chi connectivity index (χ2v) is 12.4. The van der Waals surface area contributed by atoms with E-state index in [9.17, 15) is 18.7 Å². The van der Waals surface area contributed by atoms with Gasteiger partial charge in [-0.25, -0.2) is 13.2 Å². The van der Waals surface area contributed by atoms with E-state index < -0.39 is 29.4 Å². The van der Waals surface area contributed by atoms with Crippen molar-refractivity contribution in [3.63, 3.8) is 0 Å². The van der Waals surface area contributed by atoms with Crippen LogP contribution in [0.1, 0.15) is 44.1 Å². The van der Waals surface area contributed by atoms with Gasteiger partial charge in [-0.1, -0.05) is 12.0 Å². The number of terminal acetylenes is 1. The van der Waals surface area contributed by atoms with Crippen molar-refractivity contribution in [2.24, 2.45) is 0 Å². The van der Waals surface area contributed by atoms with Crippen molar-refractivity contribution in [3.05, 3.63) is 47.7 Å². The molecule has 2 N–H and O–H groups in total. The minimum atomic E-state index is -0.959. The number of piperidine rings is 1. The van der Waals surface area contributed by atoms with Crippen molar-refractivity contribution in [1.29, 1.82) is 0 Å². The lowest BCUT2D eigenvalue weighted by Gasteiger charge is -2.36. The molecule has 0 radical (unpaired) electrons. The summed E-state index contributed by atoms with van der Waals surface area (Å²) in [6.45, 7) is 1.72. The van der Waals surface area contributed by atoms with Crippen molar-refractivity contribution in [3.8, 4) is 35.4 Å². The topological polar surface area (TPSA) is 104 Å². The van der Waals surface area contributed by atoms with Gasteiger partial charge in [0.05, 0.1) is 16.5 Å². The van der Waals surface area contributed by atoms with Crippen LogP contribution in [0.5, 0.6) is 11.8 Å². The largest absolute Gasteiger partial charge is 0.508 e. The summed E-state index contributed by atoms with van der Waals surface area (Å²) in [4.78, 5) is 30.5. The Labute approximate surface area is 263 Å². The van der Waals surface area contributed by atoms with E-state index in [0.29, 0.717) is 31.3 Å². The SMILES string of the molecule is C#Cc1c(F)ccc2cc(O)cc(-c3ncc4c(N5CCCC[C@@H]5C(=O)NC)nc(OC[C@@]56CCCN5C[C@H](F)C6)nc4c3F)c12. The molecule has 238 valence electrons. The number of carbonyl (C=O) groups is 1. The lowest BCUT2D eigenvalue weighted by atomic mass is 9.95. The number of phenols is 1. The quantitative estimate of drug-likeness (QED) is 0.291. The molecule has 0 aliphatic carbocycles. The minimum Gasteiger partial charge on any atom is -0.508 e. The van der Waals surface area contributed by atoms with Crippen molar-refractivity contribution in [2.75, 3.05) is 38.2 Å². The summed E-state index contributed by atoms with van der Waals surface area (Å²) >= 11 is 0. The number of anilines is 1. The molecule has 7 rings (SSSR count). The zero-order valence-electron chi connectivity index (χ0n) is 25.3. The molecule has 5 heterocycles. The lowest BCUT2D eigenvalue weighted by molar-refractivity contribution is -0.122. The highest BCUT2D eigenvalue weighted by Gasteiger charge is 2.49. The molecule has 3 atom stereocenters. The normalized spacial score (nSPS) is 23.1. The number of likely N-dealkylation sites (N-methyl/N-ethyl adjacent to an activating group) is 1. The van der Waals surface area contributed by atoms with Gasteiger partial charge >= 0.3 is 6.01 Å². The molecule has 1 amide bonds. The monoisotopic (exact) mass is 630 g/mol. The number of ether oxygens (including phenoxy) is 1. The molecule has 3 aliphatic rings. The molecule has 0 spiro atoms. The number of nitrogens with one attached hydrogen (secondary N) is 1. The van der Waals surface area contributed by atoms with E-state index in [0.717, 1.165) is 32.2 Å². The van der Waals surface area contributed by atoms with Gasteiger partial charge in [0, 0.05) is 43.7 Å². The molecule has 2 aromatic heterocycles. The van der Waals surface area contributed by atoms with Gasteiger partial charge in [-0.05, 0) is 62.2 Å². The predicted octanol–water partition coefficient (Wildman–Crippen LogP) is 4.87. The van der Waals surface area contributed by atoms with Crippen LogP contribution in [0.2, 0.25) is 0 Å². The number of aromatic hydroxyl groups is 1. The highest BCUT2D eigenvalue weighted by atomic mass is 19.1. The first-order valence-corrected chi connectivity index (χ1v) is 15.5. The third-order valence-electron chi connectivity index (χ3n) is 9.65. The zero-order valence-corrected chi connectivity index (χ0v) is 25.3. The summed E-state index contributed by atoms with van der Waals surface area (Å²) in [5, 5.41) is 14.1. The fourth-order valence-electron chi connectivity index (χ4n) is 7.52. The number of phenolic OH excluding ortho intramolecular Hbond substituents is 1. The summed E-state index contributed by atoms with van der Waals surface area (Å²) in [6.07, 6.45) is 10.3. The van der Waals surface area contributed by atoms with E-state index in [1.807, 2.05) is 4.90 Å². The van der Waals surface area contributed by atoms with Crippen LogP contribution < -0.4 is 15.0 Å². The Kier molecular flexibility index (Phi) is 7.59. The van der Waals surface area contributed by atoms with Crippen LogP contribution in [0, 0.1) is 24.0 Å². The summed E-state index contributed by atoms with van der Waals surface area (Å²) in [6, 6.07) is 4.67. The Morgan fingerprint density at radius 3 is 2.87 bits per heavy atom. The van der Waals surface area contributed by atoms with Crippen LogP contribution in [0.3, 0.4) is 0 Å². The second kappa shape index (κ2) is 11.6. The maximum atomic E-state index is 16.8.